The normalized spacial score (nSPS) is 11.4. The van der Waals surface area contributed by atoms with Crippen LogP contribution in [0.4, 0.5) is 5.69 Å². The molecule has 2 rings (SSSR count). The van der Waals surface area contributed by atoms with Gasteiger partial charge in [-0.15, -0.1) is 0 Å². The van der Waals surface area contributed by atoms with Crippen molar-refractivity contribution in [3.63, 3.8) is 0 Å². The first-order valence-corrected chi connectivity index (χ1v) is 8.39. The zero-order valence-electron chi connectivity index (χ0n) is 12.7. The van der Waals surface area contributed by atoms with Crippen molar-refractivity contribution in [3.05, 3.63) is 53.6 Å². The fourth-order valence-corrected chi connectivity index (χ4v) is 3.40. The number of sulfonamides is 1. The van der Waals surface area contributed by atoms with Crippen LogP contribution in [0.25, 0.3) is 0 Å². The fraction of sp³-hybridized carbons (Fsp3) is 0.250. The highest BCUT2D eigenvalue weighted by Gasteiger charge is 2.16. The fourth-order valence-electron chi connectivity index (χ4n) is 2.14. The standard InChI is InChI=1S/C16H20N2O3S/c1-12-11-15(21-2)7-8-16(12)22(19,20)18-10-9-13-3-5-14(17)6-4-13/h3-8,11,18H,9-10,17H2,1-2H3. The van der Waals surface area contributed by atoms with Crippen molar-refractivity contribution in [2.75, 3.05) is 19.4 Å². The summed E-state index contributed by atoms with van der Waals surface area (Å²) in [5.74, 6) is 0.637. The van der Waals surface area contributed by atoms with E-state index in [2.05, 4.69) is 4.72 Å². The highest BCUT2D eigenvalue weighted by Crippen LogP contribution is 2.20. The van der Waals surface area contributed by atoms with Crippen molar-refractivity contribution in [3.8, 4) is 5.75 Å². The molecule has 0 saturated carbocycles. The van der Waals surface area contributed by atoms with E-state index in [1.54, 1.807) is 44.4 Å². The van der Waals surface area contributed by atoms with E-state index in [4.69, 9.17) is 10.5 Å². The van der Waals surface area contributed by atoms with Gasteiger partial charge in [0.15, 0.2) is 0 Å². The third-order valence-corrected chi connectivity index (χ3v) is 4.98. The SMILES string of the molecule is COc1ccc(S(=O)(=O)NCCc2ccc(N)cc2)c(C)c1. The Morgan fingerprint density at radius 1 is 1.14 bits per heavy atom. The third-order valence-electron chi connectivity index (χ3n) is 3.36. The summed E-state index contributed by atoms with van der Waals surface area (Å²) in [5, 5.41) is 0. The number of nitrogens with one attached hydrogen (secondary N) is 1. The molecule has 0 aromatic heterocycles. The highest BCUT2D eigenvalue weighted by molar-refractivity contribution is 7.89. The molecule has 2 aromatic rings. The Bertz CT molecular complexity index is 740. The molecular weight excluding hydrogens is 300 g/mol. The summed E-state index contributed by atoms with van der Waals surface area (Å²) < 4.78 is 32.4. The van der Waals surface area contributed by atoms with Crippen LogP contribution in [0.5, 0.6) is 5.75 Å². The quantitative estimate of drug-likeness (QED) is 0.799. The van der Waals surface area contributed by atoms with E-state index in [1.807, 2.05) is 12.1 Å². The maximum Gasteiger partial charge on any atom is 0.240 e. The summed E-state index contributed by atoms with van der Waals surface area (Å²) in [5.41, 5.74) is 7.99. The lowest BCUT2D eigenvalue weighted by Crippen LogP contribution is -2.26. The van der Waals surface area contributed by atoms with Gasteiger partial charge in [0.05, 0.1) is 12.0 Å². The van der Waals surface area contributed by atoms with E-state index in [1.165, 1.54) is 0 Å². The van der Waals surface area contributed by atoms with Gasteiger partial charge in [0.1, 0.15) is 5.75 Å². The molecule has 5 nitrogen and oxygen atoms in total. The highest BCUT2D eigenvalue weighted by atomic mass is 32.2. The number of anilines is 1. The zero-order chi connectivity index (χ0) is 16.2. The summed E-state index contributed by atoms with van der Waals surface area (Å²) in [7, 11) is -1.98. The maximum atomic E-state index is 12.3. The second-order valence-corrected chi connectivity index (χ2v) is 6.76. The van der Waals surface area contributed by atoms with Gasteiger partial charge in [-0.25, -0.2) is 13.1 Å². The van der Waals surface area contributed by atoms with E-state index in [9.17, 15) is 8.42 Å². The van der Waals surface area contributed by atoms with Crippen LogP contribution in [-0.4, -0.2) is 22.1 Å². The van der Waals surface area contributed by atoms with Crippen molar-refractivity contribution in [2.45, 2.75) is 18.2 Å². The molecule has 118 valence electrons. The molecule has 0 radical (unpaired) electrons. The number of methoxy groups -OCH3 is 1. The first kappa shape index (κ1) is 16.3. The topological polar surface area (TPSA) is 81.4 Å². The Morgan fingerprint density at radius 3 is 2.41 bits per heavy atom. The third kappa shape index (κ3) is 3.99. The molecule has 0 unspecified atom stereocenters. The minimum absolute atomic E-state index is 0.269. The smallest absolute Gasteiger partial charge is 0.240 e. The van der Waals surface area contributed by atoms with Crippen molar-refractivity contribution in [1.82, 2.24) is 4.72 Å². The average molecular weight is 320 g/mol. The predicted molar refractivity (Wildman–Crippen MR) is 87.5 cm³/mol. The molecule has 6 heteroatoms. The molecule has 0 bridgehead atoms. The molecule has 0 aliphatic rings. The number of nitrogens with two attached hydrogens (primary N) is 1. The molecule has 0 fully saturated rings. The van der Waals surface area contributed by atoms with E-state index >= 15 is 0 Å². The van der Waals surface area contributed by atoms with Crippen LogP contribution in [0.3, 0.4) is 0 Å². The van der Waals surface area contributed by atoms with Gasteiger partial charge in [0.25, 0.3) is 0 Å². The van der Waals surface area contributed by atoms with Gasteiger partial charge in [0.2, 0.25) is 10.0 Å². The number of hydrogen-bond acceptors (Lipinski definition) is 4. The van der Waals surface area contributed by atoms with Crippen LogP contribution >= 0.6 is 0 Å². The minimum Gasteiger partial charge on any atom is -0.497 e. The summed E-state index contributed by atoms with van der Waals surface area (Å²) in [4.78, 5) is 0.269. The molecule has 0 atom stereocenters. The molecule has 3 N–H and O–H groups in total. The number of nitrogen functional groups attached to an aromatic ring is 1. The molecule has 2 aromatic carbocycles. The van der Waals surface area contributed by atoms with E-state index in [-0.39, 0.29) is 4.90 Å². The van der Waals surface area contributed by atoms with Crippen molar-refractivity contribution in [1.29, 1.82) is 0 Å². The molecular formula is C16H20N2O3S. The van der Waals surface area contributed by atoms with Gasteiger partial charge < -0.3 is 10.5 Å². The molecule has 0 amide bonds. The largest absolute Gasteiger partial charge is 0.497 e. The second-order valence-electron chi connectivity index (χ2n) is 5.02. The number of hydrogen-bond donors (Lipinski definition) is 2. The Kier molecular flexibility index (Phi) is 5.05. The van der Waals surface area contributed by atoms with Gasteiger partial charge in [-0.1, -0.05) is 12.1 Å². The molecule has 0 spiro atoms. The predicted octanol–water partition coefficient (Wildman–Crippen LogP) is 2.11. The molecule has 0 aliphatic carbocycles. The van der Waals surface area contributed by atoms with E-state index in [0.717, 1.165) is 5.56 Å². The van der Waals surface area contributed by atoms with Crippen LogP contribution in [-0.2, 0) is 16.4 Å². The van der Waals surface area contributed by atoms with E-state index < -0.39 is 10.0 Å². The Morgan fingerprint density at radius 2 is 1.82 bits per heavy atom. The van der Waals surface area contributed by atoms with Crippen LogP contribution in [0.2, 0.25) is 0 Å². The average Bonchev–Trinajstić information content (AvgIpc) is 2.48. The van der Waals surface area contributed by atoms with Crippen LogP contribution in [0.15, 0.2) is 47.4 Å². The monoisotopic (exact) mass is 320 g/mol. The first-order chi connectivity index (χ1) is 10.4. The lowest BCUT2D eigenvalue weighted by atomic mass is 10.1. The molecule has 0 aliphatic heterocycles. The van der Waals surface area contributed by atoms with E-state index in [0.29, 0.717) is 30.0 Å². The van der Waals surface area contributed by atoms with Gasteiger partial charge in [0, 0.05) is 12.2 Å². The van der Waals surface area contributed by atoms with Gasteiger partial charge in [-0.2, -0.15) is 0 Å². The van der Waals surface area contributed by atoms with Gasteiger partial charge in [-0.3, -0.25) is 0 Å². The number of benzene rings is 2. The van der Waals surface area contributed by atoms with Crippen LogP contribution < -0.4 is 15.2 Å². The Balaban J connectivity index is 2.03. The molecule has 0 heterocycles. The van der Waals surface area contributed by atoms with Gasteiger partial charge >= 0.3 is 0 Å². The number of ether oxygens (including phenoxy) is 1. The summed E-state index contributed by atoms with van der Waals surface area (Å²) in [6, 6.07) is 12.3. The zero-order valence-corrected chi connectivity index (χ0v) is 13.5. The Labute approximate surface area is 131 Å². The van der Waals surface area contributed by atoms with Crippen LogP contribution in [0.1, 0.15) is 11.1 Å². The van der Waals surface area contributed by atoms with Crippen LogP contribution in [0, 0.1) is 6.92 Å². The molecule has 0 saturated heterocycles. The number of aryl methyl sites for hydroxylation is 1. The van der Waals surface area contributed by atoms with Crippen molar-refractivity contribution >= 4 is 15.7 Å². The van der Waals surface area contributed by atoms with Crippen molar-refractivity contribution < 1.29 is 13.2 Å². The number of rotatable bonds is 6. The first-order valence-electron chi connectivity index (χ1n) is 6.91. The Hall–Kier alpha value is -2.05. The van der Waals surface area contributed by atoms with Gasteiger partial charge in [-0.05, 0) is 54.8 Å². The lowest BCUT2D eigenvalue weighted by molar-refractivity contribution is 0.414. The van der Waals surface area contributed by atoms with Crippen molar-refractivity contribution in [2.24, 2.45) is 0 Å². The molecule has 22 heavy (non-hydrogen) atoms. The minimum atomic E-state index is -3.52. The second kappa shape index (κ2) is 6.81. The lowest BCUT2D eigenvalue weighted by Gasteiger charge is -2.10. The summed E-state index contributed by atoms with van der Waals surface area (Å²) in [6.07, 6.45) is 0.606. The summed E-state index contributed by atoms with van der Waals surface area (Å²) in [6.45, 7) is 2.08. The summed E-state index contributed by atoms with van der Waals surface area (Å²) >= 11 is 0. The maximum absolute atomic E-state index is 12.3.